The van der Waals surface area contributed by atoms with E-state index in [4.69, 9.17) is 9.47 Å². The lowest BCUT2D eigenvalue weighted by Crippen LogP contribution is -2.25. The second-order valence-corrected chi connectivity index (χ2v) is 8.36. The van der Waals surface area contributed by atoms with Crippen LogP contribution in [-0.4, -0.2) is 24.6 Å². The van der Waals surface area contributed by atoms with Gasteiger partial charge in [-0.25, -0.2) is 4.79 Å². The van der Waals surface area contributed by atoms with Crippen LogP contribution in [0.4, 0.5) is 0 Å². The molecule has 0 N–H and O–H groups in total. The fourth-order valence-corrected chi connectivity index (χ4v) is 3.37. The van der Waals surface area contributed by atoms with Gasteiger partial charge in [0.1, 0.15) is 6.61 Å². The molecule has 0 aliphatic heterocycles. The molecule has 1 aliphatic carbocycles. The van der Waals surface area contributed by atoms with Gasteiger partial charge in [-0.1, -0.05) is 60.9 Å². The van der Waals surface area contributed by atoms with Crippen molar-refractivity contribution in [2.24, 2.45) is 5.41 Å². The van der Waals surface area contributed by atoms with Gasteiger partial charge in [-0.05, 0) is 64.0 Å². The summed E-state index contributed by atoms with van der Waals surface area (Å²) in [7, 11) is 0. The van der Waals surface area contributed by atoms with E-state index in [-0.39, 0.29) is 12.0 Å². The van der Waals surface area contributed by atoms with E-state index in [1.807, 2.05) is 25.2 Å². The lowest BCUT2D eigenvalue weighted by atomic mass is 9.72. The van der Waals surface area contributed by atoms with Gasteiger partial charge in [0.05, 0.1) is 0 Å². The highest BCUT2D eigenvalue weighted by Gasteiger charge is 2.26. The zero-order chi connectivity index (χ0) is 22.0. The number of rotatable bonds is 8. The van der Waals surface area contributed by atoms with Gasteiger partial charge in [-0.15, -0.1) is 0 Å². The van der Waals surface area contributed by atoms with Crippen LogP contribution in [0.25, 0.3) is 0 Å². The van der Waals surface area contributed by atoms with Crippen LogP contribution in [0.5, 0.6) is 0 Å². The van der Waals surface area contributed by atoms with Gasteiger partial charge in [-0.3, -0.25) is 4.79 Å². The van der Waals surface area contributed by atoms with Crippen molar-refractivity contribution >= 4 is 11.9 Å². The molecule has 0 heterocycles. The molecule has 0 amide bonds. The highest BCUT2D eigenvalue weighted by molar-refractivity contribution is 5.78. The smallest absolute Gasteiger partial charge is 0.347 e. The molecule has 0 aromatic rings. The lowest BCUT2D eigenvalue weighted by molar-refractivity contribution is -0.164. The summed E-state index contributed by atoms with van der Waals surface area (Å²) >= 11 is 0. The first-order chi connectivity index (χ1) is 13.5. The van der Waals surface area contributed by atoms with Crippen LogP contribution in [0.1, 0.15) is 67.7 Å². The molecular formula is C25H36O4. The van der Waals surface area contributed by atoms with Gasteiger partial charge in [0.15, 0.2) is 6.10 Å². The number of esters is 2. The Morgan fingerprint density at radius 2 is 1.83 bits per heavy atom. The number of ether oxygens (including phenoxy) is 2. The van der Waals surface area contributed by atoms with Crippen LogP contribution < -0.4 is 0 Å². The molecule has 1 aliphatic rings. The quantitative estimate of drug-likeness (QED) is 0.370. The second kappa shape index (κ2) is 11.6. The molecule has 4 nitrogen and oxygen atoms in total. The van der Waals surface area contributed by atoms with E-state index in [9.17, 15) is 9.59 Å². The van der Waals surface area contributed by atoms with Crippen LogP contribution in [0.2, 0.25) is 0 Å². The first kappa shape index (κ1) is 24.7. The number of carbonyl (C=O) groups is 2. The van der Waals surface area contributed by atoms with Gasteiger partial charge in [-0.2, -0.15) is 0 Å². The van der Waals surface area contributed by atoms with Gasteiger partial charge in [0, 0.05) is 6.92 Å². The standard InChI is InChI=1S/C25H36O4/c1-18(13-14-23-20(3)12-9-16-25(23,6)7)10-8-11-19(2)15-17-28-24(27)21(4)29-22(5)26/h8,10-11,13-15,21H,9,12,16-17H2,1-7H3/b11-8+,14-13+,18-10+,19-15+. The first-order valence-corrected chi connectivity index (χ1v) is 10.3. The zero-order valence-corrected chi connectivity index (χ0v) is 19.0. The molecule has 0 spiro atoms. The summed E-state index contributed by atoms with van der Waals surface area (Å²) in [4.78, 5) is 22.5. The summed E-state index contributed by atoms with van der Waals surface area (Å²) in [6, 6.07) is 0. The van der Waals surface area contributed by atoms with Crippen molar-refractivity contribution < 1.29 is 19.1 Å². The molecule has 0 fully saturated rings. The average molecular weight is 401 g/mol. The van der Waals surface area contributed by atoms with Crippen molar-refractivity contribution in [1.82, 2.24) is 0 Å². The Balaban J connectivity index is 2.57. The Morgan fingerprint density at radius 3 is 2.45 bits per heavy atom. The maximum atomic E-state index is 11.7. The molecule has 160 valence electrons. The molecular weight excluding hydrogens is 364 g/mol. The van der Waals surface area contributed by atoms with Crippen molar-refractivity contribution in [3.8, 4) is 0 Å². The maximum absolute atomic E-state index is 11.7. The average Bonchev–Trinajstić information content (AvgIpc) is 2.60. The van der Waals surface area contributed by atoms with Crippen LogP contribution in [0.3, 0.4) is 0 Å². The monoisotopic (exact) mass is 400 g/mol. The van der Waals surface area contributed by atoms with Gasteiger partial charge >= 0.3 is 11.9 Å². The van der Waals surface area contributed by atoms with Crippen molar-refractivity contribution in [2.45, 2.75) is 73.8 Å². The fourth-order valence-electron chi connectivity index (χ4n) is 3.37. The van der Waals surface area contributed by atoms with E-state index in [0.29, 0.717) is 0 Å². The molecule has 1 atom stereocenters. The first-order valence-electron chi connectivity index (χ1n) is 10.3. The molecule has 0 saturated heterocycles. The molecule has 4 heteroatoms. The highest BCUT2D eigenvalue weighted by atomic mass is 16.6. The predicted octanol–water partition coefficient (Wildman–Crippen LogP) is 6.01. The van der Waals surface area contributed by atoms with Gasteiger partial charge < -0.3 is 9.47 Å². The number of carbonyl (C=O) groups excluding carboxylic acids is 2. The summed E-state index contributed by atoms with van der Waals surface area (Å²) in [5, 5.41) is 0. The molecule has 29 heavy (non-hydrogen) atoms. The van der Waals surface area contributed by atoms with Crippen molar-refractivity contribution in [1.29, 1.82) is 0 Å². The molecule has 0 radical (unpaired) electrons. The fraction of sp³-hybridized carbons (Fsp3) is 0.520. The molecule has 1 unspecified atom stereocenters. The summed E-state index contributed by atoms with van der Waals surface area (Å²) in [5.74, 6) is -1.05. The van der Waals surface area contributed by atoms with E-state index in [0.717, 1.165) is 5.57 Å². The van der Waals surface area contributed by atoms with E-state index in [1.54, 1.807) is 0 Å². The topological polar surface area (TPSA) is 52.6 Å². The normalized spacial score (nSPS) is 19.0. The summed E-state index contributed by atoms with van der Waals surface area (Å²) in [6.07, 6.45) is 15.1. The highest BCUT2D eigenvalue weighted by Crippen LogP contribution is 2.40. The molecule has 0 bridgehead atoms. The zero-order valence-electron chi connectivity index (χ0n) is 19.0. The molecule has 0 saturated carbocycles. The second-order valence-electron chi connectivity index (χ2n) is 8.36. The third-order valence-electron chi connectivity index (χ3n) is 5.08. The van der Waals surface area contributed by atoms with E-state index < -0.39 is 18.0 Å². The number of hydrogen-bond donors (Lipinski definition) is 0. The van der Waals surface area contributed by atoms with Crippen LogP contribution in [0, 0.1) is 5.41 Å². The lowest BCUT2D eigenvalue weighted by Gasteiger charge is -2.32. The maximum Gasteiger partial charge on any atom is 0.347 e. The summed E-state index contributed by atoms with van der Waals surface area (Å²) in [6.45, 7) is 13.8. The minimum atomic E-state index is -0.887. The van der Waals surface area contributed by atoms with E-state index in [1.165, 1.54) is 49.8 Å². The summed E-state index contributed by atoms with van der Waals surface area (Å²) in [5.41, 5.74) is 5.37. The van der Waals surface area contributed by atoms with Crippen molar-refractivity contribution in [2.75, 3.05) is 6.61 Å². The Labute approximate surface area is 176 Å². The van der Waals surface area contributed by atoms with Gasteiger partial charge in [0.25, 0.3) is 0 Å². The third-order valence-corrected chi connectivity index (χ3v) is 5.08. The van der Waals surface area contributed by atoms with Crippen LogP contribution in [-0.2, 0) is 19.1 Å². The van der Waals surface area contributed by atoms with Crippen LogP contribution in [0.15, 0.2) is 58.7 Å². The SMILES string of the molecule is CC(=O)OC(C)C(=O)OC/C=C(C)/C=C/C=C(C)/C=C/C1=C(C)CCCC1(C)C. The van der Waals surface area contributed by atoms with E-state index >= 15 is 0 Å². The Morgan fingerprint density at radius 1 is 1.14 bits per heavy atom. The Hall–Kier alpha value is -2.36. The number of hydrogen-bond acceptors (Lipinski definition) is 4. The molecule has 1 rings (SSSR count). The summed E-state index contributed by atoms with van der Waals surface area (Å²) < 4.78 is 9.86. The Kier molecular flexibility index (Phi) is 9.87. The van der Waals surface area contributed by atoms with Crippen molar-refractivity contribution in [3.63, 3.8) is 0 Å². The van der Waals surface area contributed by atoms with Crippen molar-refractivity contribution in [3.05, 3.63) is 58.7 Å². The molecule has 0 aromatic carbocycles. The molecule has 0 aromatic heterocycles. The van der Waals surface area contributed by atoms with Crippen LogP contribution >= 0.6 is 0 Å². The van der Waals surface area contributed by atoms with Gasteiger partial charge in [0.2, 0.25) is 0 Å². The largest absolute Gasteiger partial charge is 0.459 e. The minimum Gasteiger partial charge on any atom is -0.459 e. The third kappa shape index (κ3) is 9.12. The van der Waals surface area contributed by atoms with E-state index in [2.05, 4.69) is 45.9 Å². The number of allylic oxidation sites excluding steroid dienone is 9. The predicted molar refractivity (Wildman–Crippen MR) is 118 cm³/mol. The minimum absolute atomic E-state index is 0.145. The Bertz CT molecular complexity index is 745.